The van der Waals surface area contributed by atoms with E-state index in [0.717, 1.165) is 6.42 Å². The summed E-state index contributed by atoms with van der Waals surface area (Å²) in [6.07, 6.45) is 3.55. The van der Waals surface area contributed by atoms with Gasteiger partial charge in [-0.25, -0.2) is 0 Å². The fourth-order valence-corrected chi connectivity index (χ4v) is 4.13. The predicted molar refractivity (Wildman–Crippen MR) is 112 cm³/mol. The van der Waals surface area contributed by atoms with Crippen LogP contribution >= 0.6 is 0 Å². The van der Waals surface area contributed by atoms with E-state index in [1.165, 1.54) is 35.1 Å². The summed E-state index contributed by atoms with van der Waals surface area (Å²) in [6, 6.07) is 17.4. The molecule has 0 bridgehead atoms. The van der Waals surface area contributed by atoms with Crippen molar-refractivity contribution in [2.45, 2.75) is 65.5 Å². The first-order chi connectivity index (χ1) is 12.4. The number of hydrogen-bond acceptors (Lipinski definition) is 2. The molecule has 2 nitrogen and oxygen atoms in total. The van der Waals surface area contributed by atoms with E-state index < -0.39 is 0 Å². The Morgan fingerprint density at radius 2 is 1.62 bits per heavy atom. The van der Waals surface area contributed by atoms with E-state index in [2.05, 4.69) is 81.5 Å². The molecule has 0 aliphatic rings. The van der Waals surface area contributed by atoms with Crippen LogP contribution in [-0.4, -0.2) is 17.8 Å². The van der Waals surface area contributed by atoms with Crippen LogP contribution in [0.5, 0.6) is 0 Å². The number of rotatable bonds is 9. The predicted octanol–water partition coefficient (Wildman–Crippen LogP) is 5.21. The number of nitrogens with one attached hydrogen (secondary N) is 1. The van der Waals surface area contributed by atoms with Crippen molar-refractivity contribution in [3.63, 3.8) is 0 Å². The third kappa shape index (κ3) is 4.75. The molecule has 2 N–H and O–H groups in total. The van der Waals surface area contributed by atoms with Crippen molar-refractivity contribution in [1.82, 2.24) is 5.32 Å². The van der Waals surface area contributed by atoms with E-state index in [4.69, 9.17) is 0 Å². The van der Waals surface area contributed by atoms with Gasteiger partial charge in [0, 0.05) is 6.04 Å². The molecule has 3 atom stereocenters. The molecule has 0 radical (unpaired) electrons. The molecule has 2 heteroatoms. The first-order valence-electron chi connectivity index (χ1n) is 9.95. The summed E-state index contributed by atoms with van der Waals surface area (Å²) in [6.45, 7) is 11.2. The van der Waals surface area contributed by atoms with Crippen molar-refractivity contribution < 1.29 is 5.11 Å². The van der Waals surface area contributed by atoms with Crippen LogP contribution < -0.4 is 5.32 Å². The zero-order chi connectivity index (χ0) is 19.2. The maximum Gasteiger partial charge on any atom is 0.0669 e. The fraction of sp³-hybridized carbons (Fsp3) is 0.500. The summed E-state index contributed by atoms with van der Waals surface area (Å²) < 4.78 is 0. The van der Waals surface area contributed by atoms with E-state index >= 15 is 0 Å². The molecule has 0 aliphatic heterocycles. The molecule has 0 saturated carbocycles. The van der Waals surface area contributed by atoms with Crippen LogP contribution in [0.3, 0.4) is 0 Å². The Bertz CT molecular complexity index is 696. The Hall–Kier alpha value is -1.64. The molecule has 2 rings (SSSR count). The second-order valence-corrected chi connectivity index (χ2v) is 7.92. The number of hydrogen-bond donors (Lipinski definition) is 2. The highest BCUT2D eigenvalue weighted by molar-refractivity contribution is 5.45. The van der Waals surface area contributed by atoms with Gasteiger partial charge in [-0.3, -0.25) is 5.32 Å². The van der Waals surface area contributed by atoms with Gasteiger partial charge in [0.05, 0.1) is 12.1 Å². The number of aryl methyl sites for hydroxylation is 1. The molecule has 0 fully saturated rings. The van der Waals surface area contributed by atoms with Crippen LogP contribution in [0, 0.1) is 12.8 Å². The van der Waals surface area contributed by atoms with Crippen LogP contribution in [0.4, 0.5) is 0 Å². The lowest BCUT2D eigenvalue weighted by Crippen LogP contribution is -2.48. The first kappa shape index (κ1) is 20.7. The third-order valence-corrected chi connectivity index (χ3v) is 5.40. The standard InChI is InChI=1S/C24H35NO/c1-6-11-18(2)16-21-13-8-10-15-23(21)24(5,25-20(4)17-26)22-14-9-7-12-19(22)3/h7-10,12-15,18,20,25-26H,6,11,16-17H2,1-5H3/t18-,20+,24-/m1/s1. The van der Waals surface area contributed by atoms with Gasteiger partial charge in [-0.05, 0) is 55.4 Å². The zero-order valence-corrected chi connectivity index (χ0v) is 17.0. The normalized spacial score (nSPS) is 16.1. The smallest absolute Gasteiger partial charge is 0.0669 e. The van der Waals surface area contributed by atoms with Gasteiger partial charge < -0.3 is 5.11 Å². The highest BCUT2D eigenvalue weighted by atomic mass is 16.3. The largest absolute Gasteiger partial charge is 0.395 e. The highest BCUT2D eigenvalue weighted by Crippen LogP contribution is 2.35. The fourth-order valence-electron chi connectivity index (χ4n) is 4.13. The molecule has 0 spiro atoms. The highest BCUT2D eigenvalue weighted by Gasteiger charge is 2.33. The minimum absolute atomic E-state index is 0.0146. The van der Waals surface area contributed by atoms with Gasteiger partial charge in [0.25, 0.3) is 0 Å². The number of aliphatic hydroxyl groups excluding tert-OH is 1. The first-order valence-corrected chi connectivity index (χ1v) is 9.95. The maximum atomic E-state index is 9.68. The van der Waals surface area contributed by atoms with Crippen molar-refractivity contribution in [1.29, 1.82) is 0 Å². The lowest BCUT2D eigenvalue weighted by atomic mass is 9.78. The Labute approximate surface area is 159 Å². The molecule has 142 valence electrons. The summed E-state index contributed by atoms with van der Waals surface area (Å²) in [5.74, 6) is 0.664. The van der Waals surface area contributed by atoms with Crippen molar-refractivity contribution in [2.75, 3.05) is 6.61 Å². The monoisotopic (exact) mass is 353 g/mol. The second-order valence-electron chi connectivity index (χ2n) is 7.92. The molecule has 0 unspecified atom stereocenters. The van der Waals surface area contributed by atoms with Gasteiger partial charge in [-0.15, -0.1) is 0 Å². The van der Waals surface area contributed by atoms with Crippen LogP contribution in [-0.2, 0) is 12.0 Å². The summed E-state index contributed by atoms with van der Waals surface area (Å²) in [5.41, 5.74) is 4.92. The molecule has 0 aromatic heterocycles. The van der Waals surface area contributed by atoms with Gasteiger partial charge in [-0.2, -0.15) is 0 Å². The molecule has 2 aromatic rings. The van der Waals surface area contributed by atoms with Crippen LogP contribution in [0.15, 0.2) is 48.5 Å². The average molecular weight is 354 g/mol. The summed E-state index contributed by atoms with van der Waals surface area (Å²) in [4.78, 5) is 0. The van der Waals surface area contributed by atoms with E-state index in [-0.39, 0.29) is 18.2 Å². The number of benzene rings is 2. The van der Waals surface area contributed by atoms with Crippen molar-refractivity contribution in [3.8, 4) is 0 Å². The van der Waals surface area contributed by atoms with Crippen molar-refractivity contribution >= 4 is 0 Å². The third-order valence-electron chi connectivity index (χ3n) is 5.40. The lowest BCUT2D eigenvalue weighted by Gasteiger charge is -2.37. The van der Waals surface area contributed by atoms with Gasteiger partial charge >= 0.3 is 0 Å². The van der Waals surface area contributed by atoms with Crippen molar-refractivity contribution in [3.05, 3.63) is 70.8 Å². The molecule has 0 aliphatic carbocycles. The van der Waals surface area contributed by atoms with Gasteiger partial charge in [0.15, 0.2) is 0 Å². The molecule has 26 heavy (non-hydrogen) atoms. The Morgan fingerprint density at radius 1 is 1.00 bits per heavy atom. The van der Waals surface area contributed by atoms with E-state index in [9.17, 15) is 5.11 Å². The molecule has 0 saturated heterocycles. The average Bonchev–Trinajstić information content (AvgIpc) is 2.62. The van der Waals surface area contributed by atoms with Crippen LogP contribution in [0.1, 0.15) is 62.8 Å². The molecule has 0 amide bonds. The topological polar surface area (TPSA) is 32.3 Å². The van der Waals surface area contributed by atoms with Crippen LogP contribution in [0.25, 0.3) is 0 Å². The zero-order valence-electron chi connectivity index (χ0n) is 17.0. The van der Waals surface area contributed by atoms with Gasteiger partial charge in [0.2, 0.25) is 0 Å². The quantitative estimate of drug-likeness (QED) is 0.649. The second kappa shape index (κ2) is 9.34. The SMILES string of the molecule is CCC[C@@H](C)Cc1ccccc1[C@](C)(N[C@@H](C)CO)c1ccccc1C. The van der Waals surface area contributed by atoms with Crippen LogP contribution in [0.2, 0.25) is 0 Å². The molecular weight excluding hydrogens is 318 g/mol. The molecule has 0 heterocycles. The van der Waals surface area contributed by atoms with E-state index in [0.29, 0.717) is 5.92 Å². The summed E-state index contributed by atoms with van der Waals surface area (Å²) in [7, 11) is 0. The number of aliphatic hydroxyl groups is 1. The minimum atomic E-state index is -0.337. The Morgan fingerprint density at radius 3 is 2.23 bits per heavy atom. The summed E-state index contributed by atoms with van der Waals surface area (Å²) >= 11 is 0. The maximum absolute atomic E-state index is 9.68. The van der Waals surface area contributed by atoms with Crippen molar-refractivity contribution in [2.24, 2.45) is 5.92 Å². The molecule has 2 aromatic carbocycles. The Balaban J connectivity index is 2.55. The molecular formula is C24H35NO. The summed E-state index contributed by atoms with van der Waals surface area (Å²) in [5, 5.41) is 13.4. The van der Waals surface area contributed by atoms with Gasteiger partial charge in [0.1, 0.15) is 0 Å². The lowest BCUT2D eigenvalue weighted by molar-refractivity contribution is 0.226. The van der Waals surface area contributed by atoms with E-state index in [1.807, 2.05) is 6.92 Å². The van der Waals surface area contributed by atoms with Gasteiger partial charge in [-0.1, -0.05) is 75.2 Å². The van der Waals surface area contributed by atoms with E-state index in [1.54, 1.807) is 0 Å². The minimum Gasteiger partial charge on any atom is -0.395 e. The Kier molecular flexibility index (Phi) is 7.43.